The highest BCUT2D eigenvalue weighted by atomic mass is 79.9. The fourth-order valence-corrected chi connectivity index (χ4v) is 2.34. The molecule has 0 aliphatic heterocycles. The number of halogens is 1. The van der Waals surface area contributed by atoms with Gasteiger partial charge in [-0.2, -0.15) is 0 Å². The zero-order chi connectivity index (χ0) is 15.6. The van der Waals surface area contributed by atoms with Gasteiger partial charge in [0.25, 0.3) is 5.91 Å². The summed E-state index contributed by atoms with van der Waals surface area (Å²) in [6, 6.07) is 8.05. The number of benzene rings is 1. The third-order valence-electron chi connectivity index (χ3n) is 2.80. The van der Waals surface area contributed by atoms with Gasteiger partial charge in [-0.25, -0.2) is 9.78 Å². The van der Waals surface area contributed by atoms with Crippen molar-refractivity contribution in [2.75, 3.05) is 5.32 Å². The molecule has 0 atom stereocenters. The van der Waals surface area contributed by atoms with Crippen LogP contribution in [0.15, 0.2) is 34.8 Å². The molecule has 1 amide bonds. The summed E-state index contributed by atoms with van der Waals surface area (Å²) in [6.45, 7) is 3.72. The lowest BCUT2D eigenvalue weighted by Gasteiger charge is -2.09. The molecule has 0 saturated heterocycles. The van der Waals surface area contributed by atoms with Gasteiger partial charge in [-0.3, -0.25) is 4.79 Å². The van der Waals surface area contributed by atoms with Crippen molar-refractivity contribution in [1.82, 2.24) is 4.98 Å². The molecular formula is C15H13BrN2O3. The SMILES string of the molecule is Cc1cc(C)nc(NC(=O)c2cc(Br)ccc2C(=O)O)c1. The molecule has 0 unspecified atom stereocenters. The number of carbonyl (C=O) groups is 2. The number of aryl methyl sites for hydroxylation is 2. The van der Waals surface area contributed by atoms with E-state index in [1.807, 2.05) is 19.9 Å². The Kier molecular flexibility index (Phi) is 4.37. The summed E-state index contributed by atoms with van der Waals surface area (Å²) in [5.74, 6) is -1.26. The van der Waals surface area contributed by atoms with Gasteiger partial charge in [-0.15, -0.1) is 0 Å². The van der Waals surface area contributed by atoms with Crippen LogP contribution in [0.25, 0.3) is 0 Å². The standard InChI is InChI=1S/C15H13BrN2O3/c1-8-5-9(2)17-13(6-8)18-14(19)12-7-10(16)3-4-11(12)15(20)21/h3-7H,1-2H3,(H,20,21)(H,17,18,19). The maximum atomic E-state index is 12.3. The number of nitrogens with one attached hydrogen (secondary N) is 1. The average Bonchev–Trinajstić information content (AvgIpc) is 2.36. The van der Waals surface area contributed by atoms with Crippen molar-refractivity contribution in [3.8, 4) is 0 Å². The first-order chi connectivity index (χ1) is 9.86. The molecule has 0 aliphatic carbocycles. The minimum absolute atomic E-state index is 0.0555. The van der Waals surface area contributed by atoms with Gasteiger partial charge in [0.15, 0.2) is 0 Å². The van der Waals surface area contributed by atoms with Crippen LogP contribution in [0.5, 0.6) is 0 Å². The highest BCUT2D eigenvalue weighted by Crippen LogP contribution is 2.19. The van der Waals surface area contributed by atoms with Crippen LogP contribution in [0.2, 0.25) is 0 Å². The number of pyridine rings is 1. The van der Waals surface area contributed by atoms with Crippen LogP contribution < -0.4 is 5.32 Å². The molecule has 0 fully saturated rings. The quantitative estimate of drug-likeness (QED) is 0.890. The van der Waals surface area contributed by atoms with Crippen LogP contribution in [-0.4, -0.2) is 22.0 Å². The minimum Gasteiger partial charge on any atom is -0.478 e. The van der Waals surface area contributed by atoms with Crippen LogP contribution in [-0.2, 0) is 0 Å². The zero-order valence-electron chi connectivity index (χ0n) is 11.5. The van der Waals surface area contributed by atoms with Gasteiger partial charge in [-0.1, -0.05) is 15.9 Å². The van der Waals surface area contributed by atoms with E-state index in [4.69, 9.17) is 5.11 Å². The summed E-state index contributed by atoms with van der Waals surface area (Å²) in [6.07, 6.45) is 0. The summed E-state index contributed by atoms with van der Waals surface area (Å²) in [5, 5.41) is 11.8. The van der Waals surface area contributed by atoms with Gasteiger partial charge in [0, 0.05) is 10.2 Å². The van der Waals surface area contributed by atoms with Gasteiger partial charge in [0.2, 0.25) is 0 Å². The van der Waals surface area contributed by atoms with Crippen molar-refractivity contribution in [3.63, 3.8) is 0 Å². The number of carboxylic acid groups (broad SMARTS) is 1. The molecule has 5 nitrogen and oxygen atoms in total. The van der Waals surface area contributed by atoms with Crippen LogP contribution in [0.3, 0.4) is 0 Å². The van der Waals surface area contributed by atoms with E-state index in [2.05, 4.69) is 26.2 Å². The van der Waals surface area contributed by atoms with E-state index in [9.17, 15) is 9.59 Å². The van der Waals surface area contributed by atoms with Gasteiger partial charge in [-0.05, 0) is 49.7 Å². The van der Waals surface area contributed by atoms with Crippen LogP contribution in [0.4, 0.5) is 5.82 Å². The molecule has 2 rings (SSSR count). The molecule has 0 radical (unpaired) electrons. The smallest absolute Gasteiger partial charge is 0.336 e. The summed E-state index contributed by atoms with van der Waals surface area (Å²) >= 11 is 3.23. The molecular weight excluding hydrogens is 336 g/mol. The second-order valence-corrected chi connectivity index (χ2v) is 5.54. The lowest BCUT2D eigenvalue weighted by atomic mass is 10.1. The predicted octanol–water partition coefficient (Wildman–Crippen LogP) is 3.41. The molecule has 108 valence electrons. The maximum Gasteiger partial charge on any atom is 0.336 e. The van der Waals surface area contributed by atoms with Crippen LogP contribution >= 0.6 is 15.9 Å². The molecule has 6 heteroatoms. The Morgan fingerprint density at radius 1 is 1.14 bits per heavy atom. The molecule has 1 aromatic carbocycles. The van der Waals surface area contributed by atoms with Gasteiger partial charge in [0.1, 0.15) is 5.82 Å². The van der Waals surface area contributed by atoms with E-state index < -0.39 is 11.9 Å². The van der Waals surface area contributed by atoms with Crippen molar-refractivity contribution >= 4 is 33.6 Å². The van der Waals surface area contributed by atoms with Crippen molar-refractivity contribution in [3.05, 3.63) is 57.2 Å². The lowest BCUT2D eigenvalue weighted by Crippen LogP contribution is -2.17. The van der Waals surface area contributed by atoms with Crippen molar-refractivity contribution < 1.29 is 14.7 Å². The number of hydrogen-bond donors (Lipinski definition) is 2. The fraction of sp³-hybridized carbons (Fsp3) is 0.133. The number of hydrogen-bond acceptors (Lipinski definition) is 3. The van der Waals surface area contributed by atoms with E-state index in [-0.39, 0.29) is 11.1 Å². The highest BCUT2D eigenvalue weighted by Gasteiger charge is 2.17. The van der Waals surface area contributed by atoms with Crippen molar-refractivity contribution in [1.29, 1.82) is 0 Å². The normalized spacial score (nSPS) is 10.2. The largest absolute Gasteiger partial charge is 0.478 e. The maximum absolute atomic E-state index is 12.3. The van der Waals surface area contributed by atoms with Gasteiger partial charge >= 0.3 is 5.97 Å². The fourth-order valence-electron chi connectivity index (χ4n) is 1.98. The van der Waals surface area contributed by atoms with E-state index in [0.29, 0.717) is 10.3 Å². The van der Waals surface area contributed by atoms with E-state index >= 15 is 0 Å². The Hall–Kier alpha value is -2.21. The van der Waals surface area contributed by atoms with E-state index in [0.717, 1.165) is 11.3 Å². The van der Waals surface area contributed by atoms with Crippen molar-refractivity contribution in [2.24, 2.45) is 0 Å². The molecule has 0 aliphatic rings. The number of aromatic carboxylic acids is 1. The predicted molar refractivity (Wildman–Crippen MR) is 82.8 cm³/mol. The Labute approximate surface area is 130 Å². The zero-order valence-corrected chi connectivity index (χ0v) is 13.1. The Morgan fingerprint density at radius 2 is 1.86 bits per heavy atom. The third kappa shape index (κ3) is 3.66. The average molecular weight is 349 g/mol. The molecule has 21 heavy (non-hydrogen) atoms. The number of aromatic nitrogens is 1. The third-order valence-corrected chi connectivity index (χ3v) is 3.29. The summed E-state index contributed by atoms with van der Waals surface area (Å²) in [5.41, 5.74) is 1.77. The lowest BCUT2D eigenvalue weighted by molar-refractivity contribution is 0.0692. The van der Waals surface area contributed by atoms with Crippen LogP contribution in [0.1, 0.15) is 32.0 Å². The van der Waals surface area contributed by atoms with E-state index in [1.54, 1.807) is 12.1 Å². The molecule has 1 aromatic heterocycles. The van der Waals surface area contributed by atoms with E-state index in [1.165, 1.54) is 12.1 Å². The first-order valence-electron chi connectivity index (χ1n) is 6.16. The van der Waals surface area contributed by atoms with Crippen molar-refractivity contribution in [2.45, 2.75) is 13.8 Å². The topological polar surface area (TPSA) is 79.3 Å². The number of rotatable bonds is 3. The Morgan fingerprint density at radius 3 is 2.48 bits per heavy atom. The molecule has 2 aromatic rings. The molecule has 2 N–H and O–H groups in total. The number of nitrogens with zero attached hydrogens (tertiary/aromatic N) is 1. The minimum atomic E-state index is -1.15. The number of amides is 1. The van der Waals surface area contributed by atoms with Gasteiger partial charge in [0.05, 0.1) is 11.1 Å². The Bertz CT molecular complexity index is 709. The second kappa shape index (κ2) is 6.05. The monoisotopic (exact) mass is 348 g/mol. The number of carboxylic acids is 1. The summed E-state index contributed by atoms with van der Waals surface area (Å²) < 4.78 is 0.631. The summed E-state index contributed by atoms with van der Waals surface area (Å²) in [7, 11) is 0. The number of carbonyl (C=O) groups excluding carboxylic acids is 1. The van der Waals surface area contributed by atoms with Gasteiger partial charge < -0.3 is 10.4 Å². The van der Waals surface area contributed by atoms with Crippen LogP contribution in [0, 0.1) is 13.8 Å². The first-order valence-corrected chi connectivity index (χ1v) is 6.95. The molecule has 0 spiro atoms. The second-order valence-electron chi connectivity index (χ2n) is 4.62. The molecule has 1 heterocycles. The highest BCUT2D eigenvalue weighted by molar-refractivity contribution is 9.10. The Balaban J connectivity index is 2.36. The molecule has 0 bridgehead atoms. The number of anilines is 1. The first kappa shape index (κ1) is 15.2. The molecule has 0 saturated carbocycles. The summed E-state index contributed by atoms with van der Waals surface area (Å²) in [4.78, 5) is 27.7.